The molecule has 2 N–H and O–H groups in total. The van der Waals surface area contributed by atoms with Crippen LogP contribution in [0.5, 0.6) is 0 Å². The monoisotopic (exact) mass is 352 g/mol. The average Bonchev–Trinajstić information content (AvgIpc) is 2.77. The van der Waals surface area contributed by atoms with Crippen molar-refractivity contribution in [3.05, 3.63) is 54.1 Å². The number of hydrogen-bond acceptors (Lipinski definition) is 4. The van der Waals surface area contributed by atoms with E-state index >= 15 is 0 Å². The topological polar surface area (TPSA) is 69.9 Å². The van der Waals surface area contributed by atoms with E-state index in [2.05, 4.69) is 0 Å². The van der Waals surface area contributed by atoms with Crippen LogP contribution in [-0.4, -0.2) is 43.5 Å². The Morgan fingerprint density at radius 3 is 2.31 bits per heavy atom. The van der Waals surface area contributed by atoms with Crippen molar-refractivity contribution in [3.8, 4) is 0 Å². The number of fused-ring (bicyclic) bond motifs is 1. The van der Waals surface area contributed by atoms with Crippen LogP contribution >= 0.6 is 0 Å². The third kappa shape index (κ3) is 3.28. The quantitative estimate of drug-likeness (QED) is 0.862. The lowest BCUT2D eigenvalue weighted by atomic mass is 10.1. The summed E-state index contributed by atoms with van der Waals surface area (Å²) in [5, 5.41) is 0. The summed E-state index contributed by atoms with van der Waals surface area (Å²) in [6, 6.07) is 14.4. The van der Waals surface area contributed by atoms with Gasteiger partial charge in [0.2, 0.25) is 5.91 Å². The average molecular weight is 352 g/mol. The van der Waals surface area contributed by atoms with Gasteiger partial charge in [-0.15, -0.1) is 0 Å². The van der Waals surface area contributed by atoms with E-state index in [1.807, 2.05) is 50.2 Å². The van der Waals surface area contributed by atoms with Gasteiger partial charge in [-0.3, -0.25) is 19.4 Å². The molecule has 0 saturated heterocycles. The molecule has 0 bridgehead atoms. The number of benzene rings is 2. The molecular formula is C20H24N4O2. The highest BCUT2D eigenvalue weighted by Crippen LogP contribution is 2.35. The summed E-state index contributed by atoms with van der Waals surface area (Å²) in [6.07, 6.45) is 0.156. The second-order valence-electron chi connectivity index (χ2n) is 6.68. The molecule has 0 radical (unpaired) electrons. The minimum Gasteiger partial charge on any atom is -0.399 e. The van der Waals surface area contributed by atoms with E-state index in [0.717, 1.165) is 11.4 Å². The number of amides is 2. The van der Waals surface area contributed by atoms with Gasteiger partial charge < -0.3 is 10.6 Å². The molecule has 6 nitrogen and oxygen atoms in total. The first-order chi connectivity index (χ1) is 12.4. The maximum atomic E-state index is 13.1. The lowest BCUT2D eigenvalue weighted by molar-refractivity contribution is -0.119. The molecule has 6 heteroatoms. The van der Waals surface area contributed by atoms with Gasteiger partial charge in [0.05, 0.1) is 17.5 Å². The fourth-order valence-electron chi connectivity index (χ4n) is 3.11. The van der Waals surface area contributed by atoms with E-state index in [1.54, 1.807) is 34.1 Å². The number of rotatable bonds is 3. The number of carbonyl (C=O) groups is 2. The Morgan fingerprint density at radius 2 is 1.69 bits per heavy atom. The number of hydrogen-bond donors (Lipinski definition) is 1. The zero-order chi connectivity index (χ0) is 18.8. The Hall–Kier alpha value is -2.86. The highest BCUT2D eigenvalue weighted by Gasteiger charge is 2.32. The Kier molecular flexibility index (Phi) is 4.95. The Labute approximate surface area is 153 Å². The number of anilines is 3. The number of nitrogens with two attached hydrogens (primary N) is 1. The SMILES string of the molecule is CC(N(C)C)N1C(=O)CCN(C(=O)c2ccc(N)cc2)c2ccccc21. The Bertz CT molecular complexity index is 817. The Morgan fingerprint density at radius 1 is 1.08 bits per heavy atom. The summed E-state index contributed by atoms with van der Waals surface area (Å²) in [5.74, 6) is -0.129. The molecule has 2 amide bonds. The molecule has 1 heterocycles. The van der Waals surface area contributed by atoms with Crippen molar-refractivity contribution in [2.75, 3.05) is 36.2 Å². The minimum atomic E-state index is -0.135. The Balaban J connectivity index is 2.05. The highest BCUT2D eigenvalue weighted by atomic mass is 16.2. The standard InChI is InChI=1S/C20H24N4O2/c1-14(22(2)3)24-18-7-5-4-6-17(18)23(13-12-19(24)25)20(26)15-8-10-16(21)11-9-15/h4-11,14H,12-13,21H2,1-3H3. The lowest BCUT2D eigenvalue weighted by Gasteiger charge is -2.34. The van der Waals surface area contributed by atoms with Gasteiger partial charge in [-0.1, -0.05) is 12.1 Å². The van der Waals surface area contributed by atoms with Crippen LogP contribution in [0.3, 0.4) is 0 Å². The van der Waals surface area contributed by atoms with E-state index in [-0.39, 0.29) is 24.4 Å². The predicted molar refractivity (Wildman–Crippen MR) is 104 cm³/mol. The van der Waals surface area contributed by atoms with Crippen LogP contribution in [-0.2, 0) is 4.79 Å². The van der Waals surface area contributed by atoms with E-state index in [4.69, 9.17) is 5.73 Å². The summed E-state index contributed by atoms with van der Waals surface area (Å²) >= 11 is 0. The molecule has 0 aliphatic carbocycles. The van der Waals surface area contributed by atoms with Crippen LogP contribution in [0.4, 0.5) is 17.1 Å². The fourth-order valence-corrected chi connectivity index (χ4v) is 3.11. The number of para-hydroxylation sites is 2. The molecule has 1 aliphatic heterocycles. The smallest absolute Gasteiger partial charge is 0.258 e. The van der Waals surface area contributed by atoms with Crippen LogP contribution in [0.15, 0.2) is 48.5 Å². The molecular weight excluding hydrogens is 328 g/mol. The van der Waals surface area contributed by atoms with E-state index in [0.29, 0.717) is 17.8 Å². The minimum absolute atomic E-state index is 0.00579. The molecule has 1 unspecified atom stereocenters. The second kappa shape index (κ2) is 7.17. The zero-order valence-electron chi connectivity index (χ0n) is 15.3. The van der Waals surface area contributed by atoms with Crippen LogP contribution in [0, 0.1) is 0 Å². The molecule has 0 aromatic heterocycles. The lowest BCUT2D eigenvalue weighted by Crippen LogP contribution is -2.46. The molecule has 3 rings (SSSR count). The first-order valence-electron chi connectivity index (χ1n) is 8.65. The van der Waals surface area contributed by atoms with E-state index in [9.17, 15) is 9.59 Å². The van der Waals surface area contributed by atoms with Gasteiger partial charge in [-0.05, 0) is 57.4 Å². The molecule has 2 aromatic carbocycles. The third-order valence-corrected chi connectivity index (χ3v) is 4.77. The van der Waals surface area contributed by atoms with Crippen molar-refractivity contribution in [2.45, 2.75) is 19.5 Å². The van der Waals surface area contributed by atoms with Gasteiger partial charge in [0, 0.05) is 24.2 Å². The molecule has 136 valence electrons. The maximum absolute atomic E-state index is 13.1. The molecule has 0 saturated carbocycles. The van der Waals surface area contributed by atoms with Crippen LogP contribution in [0.25, 0.3) is 0 Å². The summed E-state index contributed by atoms with van der Waals surface area (Å²) < 4.78 is 0. The van der Waals surface area contributed by atoms with Gasteiger partial charge >= 0.3 is 0 Å². The molecule has 1 atom stereocenters. The first-order valence-corrected chi connectivity index (χ1v) is 8.65. The van der Waals surface area contributed by atoms with Crippen LogP contribution < -0.4 is 15.5 Å². The van der Waals surface area contributed by atoms with Gasteiger partial charge in [0.1, 0.15) is 0 Å². The first kappa shape index (κ1) is 17.9. The van der Waals surface area contributed by atoms with Crippen molar-refractivity contribution in [3.63, 3.8) is 0 Å². The van der Waals surface area contributed by atoms with Crippen molar-refractivity contribution in [2.24, 2.45) is 0 Å². The molecule has 2 aromatic rings. The van der Waals surface area contributed by atoms with Crippen LogP contribution in [0.1, 0.15) is 23.7 Å². The second-order valence-corrected chi connectivity index (χ2v) is 6.68. The van der Waals surface area contributed by atoms with Crippen molar-refractivity contribution >= 4 is 28.9 Å². The number of nitrogen functional groups attached to an aromatic ring is 1. The summed E-state index contributed by atoms with van der Waals surface area (Å²) in [7, 11) is 3.87. The van der Waals surface area contributed by atoms with Gasteiger partial charge in [-0.2, -0.15) is 0 Å². The zero-order valence-corrected chi connectivity index (χ0v) is 15.3. The molecule has 1 aliphatic rings. The molecule has 26 heavy (non-hydrogen) atoms. The fraction of sp³-hybridized carbons (Fsp3) is 0.300. The van der Waals surface area contributed by atoms with Crippen molar-refractivity contribution < 1.29 is 9.59 Å². The van der Waals surface area contributed by atoms with Gasteiger partial charge in [0.25, 0.3) is 5.91 Å². The van der Waals surface area contributed by atoms with E-state index < -0.39 is 0 Å². The summed E-state index contributed by atoms with van der Waals surface area (Å²) in [5.41, 5.74) is 8.38. The van der Waals surface area contributed by atoms with Crippen molar-refractivity contribution in [1.29, 1.82) is 0 Å². The predicted octanol–water partition coefficient (Wildman–Crippen LogP) is 2.56. The summed E-state index contributed by atoms with van der Waals surface area (Å²) in [6.45, 7) is 2.32. The number of nitrogens with zero attached hydrogens (tertiary/aromatic N) is 3. The van der Waals surface area contributed by atoms with Gasteiger partial charge in [0.15, 0.2) is 0 Å². The van der Waals surface area contributed by atoms with E-state index in [1.165, 1.54) is 0 Å². The highest BCUT2D eigenvalue weighted by molar-refractivity contribution is 6.11. The number of carbonyl (C=O) groups excluding carboxylic acids is 2. The molecule has 0 fully saturated rings. The van der Waals surface area contributed by atoms with Crippen LogP contribution in [0.2, 0.25) is 0 Å². The maximum Gasteiger partial charge on any atom is 0.258 e. The van der Waals surface area contributed by atoms with Gasteiger partial charge in [-0.25, -0.2) is 0 Å². The largest absolute Gasteiger partial charge is 0.399 e. The summed E-state index contributed by atoms with van der Waals surface area (Å²) in [4.78, 5) is 31.3. The van der Waals surface area contributed by atoms with Crippen molar-refractivity contribution in [1.82, 2.24) is 4.90 Å². The normalized spacial score (nSPS) is 15.6. The third-order valence-electron chi connectivity index (χ3n) is 4.77. The molecule has 0 spiro atoms.